The normalized spacial score (nSPS) is 23.5. The van der Waals surface area contributed by atoms with E-state index in [1.807, 2.05) is 31.2 Å². The third-order valence-corrected chi connectivity index (χ3v) is 3.36. The molecule has 1 fully saturated rings. The first kappa shape index (κ1) is 13.8. The van der Waals surface area contributed by atoms with Crippen molar-refractivity contribution in [2.45, 2.75) is 18.9 Å². The number of ether oxygens (including phenoxy) is 2. The van der Waals surface area contributed by atoms with E-state index in [9.17, 15) is 4.79 Å². The molecule has 1 aliphatic heterocycles. The predicted octanol–water partition coefficient (Wildman–Crippen LogP) is 1.20. The van der Waals surface area contributed by atoms with Gasteiger partial charge in [0, 0.05) is 18.7 Å². The third kappa shape index (κ3) is 3.05. The monoisotopic (exact) mass is 265 g/mol. The number of methoxy groups -OCH3 is 1. The predicted molar refractivity (Wildman–Crippen MR) is 71.4 cm³/mol. The standard InChI is InChI=1S/C14H19NO4/c1-14(7-8-16)10-15(13(17)9-19-14)11-3-5-12(18-2)6-4-11/h3-6,16H,7-10H2,1-2H3. The van der Waals surface area contributed by atoms with Gasteiger partial charge >= 0.3 is 0 Å². The number of morpholine rings is 1. The molecule has 5 heteroatoms. The van der Waals surface area contributed by atoms with E-state index in [0.717, 1.165) is 11.4 Å². The Balaban J connectivity index is 2.18. The number of benzene rings is 1. The summed E-state index contributed by atoms with van der Waals surface area (Å²) in [6, 6.07) is 7.34. The van der Waals surface area contributed by atoms with Crippen LogP contribution in [0.15, 0.2) is 24.3 Å². The first-order valence-electron chi connectivity index (χ1n) is 6.27. The number of hydrogen-bond donors (Lipinski definition) is 1. The lowest BCUT2D eigenvalue weighted by Crippen LogP contribution is -2.53. The van der Waals surface area contributed by atoms with Crippen molar-refractivity contribution >= 4 is 11.6 Å². The molecule has 0 aliphatic carbocycles. The molecule has 1 aliphatic rings. The van der Waals surface area contributed by atoms with Crippen molar-refractivity contribution in [1.82, 2.24) is 0 Å². The number of aliphatic hydroxyl groups is 1. The zero-order chi connectivity index (χ0) is 13.9. The van der Waals surface area contributed by atoms with E-state index in [0.29, 0.717) is 13.0 Å². The maximum absolute atomic E-state index is 11.9. The summed E-state index contributed by atoms with van der Waals surface area (Å²) in [5.41, 5.74) is 0.320. The lowest BCUT2D eigenvalue weighted by atomic mass is 9.99. The topological polar surface area (TPSA) is 59.0 Å². The number of hydrogen-bond acceptors (Lipinski definition) is 4. The van der Waals surface area contributed by atoms with Gasteiger partial charge in [-0.05, 0) is 31.2 Å². The molecule has 1 amide bonds. The second-order valence-electron chi connectivity index (χ2n) is 4.89. The zero-order valence-electron chi connectivity index (χ0n) is 11.3. The third-order valence-electron chi connectivity index (χ3n) is 3.36. The average molecular weight is 265 g/mol. The Morgan fingerprint density at radius 3 is 2.68 bits per heavy atom. The summed E-state index contributed by atoms with van der Waals surface area (Å²) in [6.45, 7) is 2.44. The molecule has 0 aromatic heterocycles. The second-order valence-corrected chi connectivity index (χ2v) is 4.89. The summed E-state index contributed by atoms with van der Waals surface area (Å²) < 4.78 is 10.6. The van der Waals surface area contributed by atoms with Crippen LogP contribution in [0.3, 0.4) is 0 Å². The van der Waals surface area contributed by atoms with Gasteiger partial charge in [-0.1, -0.05) is 0 Å². The Morgan fingerprint density at radius 1 is 1.42 bits per heavy atom. The van der Waals surface area contributed by atoms with Crippen molar-refractivity contribution in [3.8, 4) is 5.75 Å². The molecule has 104 valence electrons. The minimum absolute atomic E-state index is 0.0428. The van der Waals surface area contributed by atoms with Gasteiger partial charge in [-0.2, -0.15) is 0 Å². The molecule has 0 saturated carbocycles. The van der Waals surface area contributed by atoms with Gasteiger partial charge in [-0.15, -0.1) is 0 Å². The average Bonchev–Trinajstić information content (AvgIpc) is 2.42. The van der Waals surface area contributed by atoms with Gasteiger partial charge < -0.3 is 19.5 Å². The summed E-state index contributed by atoms with van der Waals surface area (Å²) in [4.78, 5) is 13.6. The van der Waals surface area contributed by atoms with E-state index in [-0.39, 0.29) is 19.1 Å². The van der Waals surface area contributed by atoms with Crippen molar-refractivity contribution in [2.75, 3.05) is 31.8 Å². The molecule has 1 unspecified atom stereocenters. The van der Waals surface area contributed by atoms with Gasteiger partial charge in [0.2, 0.25) is 0 Å². The molecular weight excluding hydrogens is 246 g/mol. The Bertz CT molecular complexity index is 445. The van der Waals surface area contributed by atoms with Crippen LogP contribution in [0.4, 0.5) is 5.69 Å². The molecule has 1 aromatic rings. The Morgan fingerprint density at radius 2 is 2.11 bits per heavy atom. The highest BCUT2D eigenvalue weighted by atomic mass is 16.5. The number of rotatable bonds is 4. The highest BCUT2D eigenvalue weighted by Gasteiger charge is 2.36. The minimum atomic E-state index is -0.497. The highest BCUT2D eigenvalue weighted by molar-refractivity contribution is 5.95. The number of carbonyl (C=O) groups excluding carboxylic acids is 1. The molecule has 5 nitrogen and oxygen atoms in total. The van der Waals surface area contributed by atoms with Crippen LogP contribution in [0.2, 0.25) is 0 Å². The number of nitrogens with zero attached hydrogens (tertiary/aromatic N) is 1. The Labute approximate surface area is 112 Å². The number of amides is 1. The smallest absolute Gasteiger partial charge is 0.253 e. The maximum atomic E-state index is 11.9. The fourth-order valence-corrected chi connectivity index (χ4v) is 2.17. The Kier molecular flexibility index (Phi) is 4.07. The molecule has 1 atom stereocenters. The first-order valence-corrected chi connectivity index (χ1v) is 6.27. The van der Waals surface area contributed by atoms with Gasteiger partial charge in [0.15, 0.2) is 0 Å². The van der Waals surface area contributed by atoms with E-state index >= 15 is 0 Å². The summed E-state index contributed by atoms with van der Waals surface area (Å²) in [7, 11) is 1.60. The summed E-state index contributed by atoms with van der Waals surface area (Å²) >= 11 is 0. The highest BCUT2D eigenvalue weighted by Crippen LogP contribution is 2.27. The van der Waals surface area contributed by atoms with Gasteiger partial charge in [0.1, 0.15) is 12.4 Å². The van der Waals surface area contributed by atoms with Crippen LogP contribution in [0.25, 0.3) is 0 Å². The molecule has 1 N–H and O–H groups in total. The SMILES string of the molecule is COc1ccc(N2CC(C)(CCO)OCC2=O)cc1. The van der Waals surface area contributed by atoms with Crippen LogP contribution in [0, 0.1) is 0 Å². The summed E-state index contributed by atoms with van der Waals surface area (Å²) in [5, 5.41) is 9.07. The Hall–Kier alpha value is -1.59. The lowest BCUT2D eigenvalue weighted by Gasteiger charge is -2.40. The van der Waals surface area contributed by atoms with Crippen molar-refractivity contribution in [2.24, 2.45) is 0 Å². The minimum Gasteiger partial charge on any atom is -0.497 e. The fraction of sp³-hybridized carbons (Fsp3) is 0.500. The first-order chi connectivity index (χ1) is 9.08. The molecule has 2 rings (SSSR count). The molecule has 1 aromatic carbocycles. The van der Waals surface area contributed by atoms with Crippen LogP contribution in [-0.2, 0) is 9.53 Å². The maximum Gasteiger partial charge on any atom is 0.253 e. The fourth-order valence-electron chi connectivity index (χ4n) is 2.17. The zero-order valence-corrected chi connectivity index (χ0v) is 11.3. The summed E-state index contributed by atoms with van der Waals surface area (Å²) in [6.07, 6.45) is 0.507. The second kappa shape index (κ2) is 5.59. The molecule has 1 saturated heterocycles. The quantitative estimate of drug-likeness (QED) is 0.888. The van der Waals surface area contributed by atoms with Crippen LogP contribution >= 0.6 is 0 Å². The number of aliphatic hydroxyl groups excluding tert-OH is 1. The van der Waals surface area contributed by atoms with E-state index < -0.39 is 5.60 Å². The van der Waals surface area contributed by atoms with Gasteiger partial charge in [0.25, 0.3) is 5.91 Å². The van der Waals surface area contributed by atoms with E-state index in [4.69, 9.17) is 14.6 Å². The molecule has 19 heavy (non-hydrogen) atoms. The molecule has 0 bridgehead atoms. The molecular formula is C14H19NO4. The van der Waals surface area contributed by atoms with Crippen LogP contribution in [0.1, 0.15) is 13.3 Å². The van der Waals surface area contributed by atoms with E-state index in [2.05, 4.69) is 0 Å². The van der Waals surface area contributed by atoms with Gasteiger partial charge in [-0.3, -0.25) is 4.79 Å². The largest absolute Gasteiger partial charge is 0.497 e. The summed E-state index contributed by atoms with van der Waals surface area (Å²) in [5.74, 6) is 0.683. The van der Waals surface area contributed by atoms with Crippen molar-refractivity contribution in [3.05, 3.63) is 24.3 Å². The van der Waals surface area contributed by atoms with Crippen LogP contribution in [0.5, 0.6) is 5.75 Å². The van der Waals surface area contributed by atoms with Crippen molar-refractivity contribution < 1.29 is 19.4 Å². The van der Waals surface area contributed by atoms with Crippen LogP contribution in [-0.4, -0.2) is 43.5 Å². The molecule has 1 heterocycles. The van der Waals surface area contributed by atoms with Gasteiger partial charge in [-0.25, -0.2) is 0 Å². The number of anilines is 1. The van der Waals surface area contributed by atoms with E-state index in [1.165, 1.54) is 0 Å². The lowest BCUT2D eigenvalue weighted by molar-refractivity contribution is -0.138. The van der Waals surface area contributed by atoms with Crippen molar-refractivity contribution in [1.29, 1.82) is 0 Å². The molecule has 0 spiro atoms. The van der Waals surface area contributed by atoms with Crippen molar-refractivity contribution in [3.63, 3.8) is 0 Å². The van der Waals surface area contributed by atoms with Gasteiger partial charge in [0.05, 0.1) is 19.3 Å². The van der Waals surface area contributed by atoms with E-state index in [1.54, 1.807) is 12.0 Å². The molecule has 0 radical (unpaired) electrons. The van der Waals surface area contributed by atoms with Crippen LogP contribution < -0.4 is 9.64 Å². The number of carbonyl (C=O) groups is 1.